The number of carbonyl (C=O) groups is 2. The molecule has 0 aliphatic carbocycles. The van der Waals surface area contributed by atoms with E-state index in [0.29, 0.717) is 17.4 Å². The van der Waals surface area contributed by atoms with Gasteiger partial charge in [0.05, 0.1) is 0 Å². The average Bonchev–Trinajstić information content (AvgIpc) is 2.65. The lowest BCUT2D eigenvalue weighted by molar-refractivity contribution is -0.149. The number of anilines is 1. The molecule has 5 heteroatoms. The quantitative estimate of drug-likeness (QED) is 0.729. The van der Waals surface area contributed by atoms with Crippen LogP contribution in [0.5, 0.6) is 5.75 Å². The van der Waals surface area contributed by atoms with Gasteiger partial charge in [-0.15, -0.1) is 0 Å². The van der Waals surface area contributed by atoms with Crippen LogP contribution in [0.3, 0.4) is 0 Å². The summed E-state index contributed by atoms with van der Waals surface area (Å²) < 4.78 is 10.3. The van der Waals surface area contributed by atoms with Gasteiger partial charge in [0, 0.05) is 5.69 Å². The van der Waals surface area contributed by atoms with Crippen LogP contribution in [0.15, 0.2) is 48.5 Å². The smallest absolute Gasteiger partial charge is 0.344 e. The Kier molecular flexibility index (Phi) is 7.21. The summed E-state index contributed by atoms with van der Waals surface area (Å²) in [5.74, 6) is 0.0468. The summed E-state index contributed by atoms with van der Waals surface area (Å²) in [6.45, 7) is 5.70. The highest BCUT2D eigenvalue weighted by Gasteiger charge is 2.09. The van der Waals surface area contributed by atoms with Crippen molar-refractivity contribution in [3.8, 4) is 5.75 Å². The fourth-order valence-corrected chi connectivity index (χ4v) is 2.30. The third kappa shape index (κ3) is 6.24. The van der Waals surface area contributed by atoms with Crippen molar-refractivity contribution in [2.75, 3.05) is 18.5 Å². The third-order valence-electron chi connectivity index (χ3n) is 3.91. The van der Waals surface area contributed by atoms with E-state index in [1.807, 2.05) is 36.4 Å². The van der Waals surface area contributed by atoms with E-state index in [1.54, 1.807) is 12.1 Å². The number of aryl methyl sites for hydroxylation is 1. The molecule has 2 aromatic rings. The zero-order valence-corrected chi connectivity index (χ0v) is 15.5. The van der Waals surface area contributed by atoms with Crippen molar-refractivity contribution in [1.29, 1.82) is 0 Å². The van der Waals surface area contributed by atoms with Gasteiger partial charge in [-0.2, -0.15) is 0 Å². The van der Waals surface area contributed by atoms with E-state index in [0.717, 1.165) is 6.42 Å². The van der Waals surface area contributed by atoms with E-state index in [2.05, 4.69) is 26.1 Å². The molecule has 0 atom stereocenters. The third-order valence-corrected chi connectivity index (χ3v) is 3.91. The Morgan fingerprint density at radius 2 is 1.62 bits per heavy atom. The molecule has 0 spiro atoms. The maximum Gasteiger partial charge on any atom is 0.344 e. The first-order valence-corrected chi connectivity index (χ1v) is 8.75. The molecule has 2 rings (SSSR count). The van der Waals surface area contributed by atoms with Crippen LogP contribution in [0.25, 0.3) is 0 Å². The molecule has 0 fully saturated rings. The molecule has 0 saturated heterocycles. The monoisotopic (exact) mass is 355 g/mol. The molecule has 0 aromatic heterocycles. The zero-order valence-electron chi connectivity index (χ0n) is 15.5. The molecular weight excluding hydrogens is 330 g/mol. The molecule has 0 aliphatic heterocycles. The highest BCUT2D eigenvalue weighted by molar-refractivity contribution is 5.92. The number of esters is 1. The van der Waals surface area contributed by atoms with Crippen LogP contribution in [-0.2, 0) is 20.7 Å². The van der Waals surface area contributed by atoms with Gasteiger partial charge in [-0.05, 0) is 47.7 Å². The second-order valence-electron chi connectivity index (χ2n) is 6.27. The van der Waals surface area contributed by atoms with Gasteiger partial charge in [0.2, 0.25) is 0 Å². The normalized spacial score (nSPS) is 10.5. The standard InChI is InChI=1S/C21H25NO4/c1-4-16-5-11-19(12-6-16)25-14-21(24)26-13-20(23)22-18-9-7-17(8-10-18)15(2)3/h5-12,15H,4,13-14H2,1-3H3,(H,22,23). The minimum absolute atomic E-state index is 0.234. The molecule has 1 N–H and O–H groups in total. The highest BCUT2D eigenvalue weighted by atomic mass is 16.6. The SMILES string of the molecule is CCc1ccc(OCC(=O)OCC(=O)Nc2ccc(C(C)C)cc2)cc1. The average molecular weight is 355 g/mol. The largest absolute Gasteiger partial charge is 0.482 e. The van der Waals surface area contributed by atoms with Crippen molar-refractivity contribution in [1.82, 2.24) is 0 Å². The Balaban J connectivity index is 1.71. The van der Waals surface area contributed by atoms with Crippen molar-refractivity contribution < 1.29 is 19.1 Å². The topological polar surface area (TPSA) is 64.6 Å². The number of hydrogen-bond acceptors (Lipinski definition) is 4. The second-order valence-corrected chi connectivity index (χ2v) is 6.27. The molecule has 0 bridgehead atoms. The lowest BCUT2D eigenvalue weighted by Crippen LogP contribution is -2.23. The molecule has 2 aromatic carbocycles. The molecule has 0 unspecified atom stereocenters. The van der Waals surface area contributed by atoms with Crippen molar-refractivity contribution in [3.05, 3.63) is 59.7 Å². The minimum Gasteiger partial charge on any atom is -0.482 e. The fraction of sp³-hybridized carbons (Fsp3) is 0.333. The summed E-state index contributed by atoms with van der Waals surface area (Å²) in [6.07, 6.45) is 0.942. The van der Waals surface area contributed by atoms with Gasteiger partial charge in [-0.1, -0.05) is 45.0 Å². The summed E-state index contributed by atoms with van der Waals surface area (Å²) in [5.41, 5.74) is 3.05. The van der Waals surface area contributed by atoms with Crippen LogP contribution < -0.4 is 10.1 Å². The Morgan fingerprint density at radius 1 is 0.962 bits per heavy atom. The summed E-state index contributed by atoms with van der Waals surface area (Å²) >= 11 is 0. The van der Waals surface area contributed by atoms with E-state index in [9.17, 15) is 9.59 Å². The van der Waals surface area contributed by atoms with E-state index < -0.39 is 5.97 Å². The predicted octanol–water partition coefficient (Wildman–Crippen LogP) is 3.93. The molecule has 26 heavy (non-hydrogen) atoms. The maximum absolute atomic E-state index is 11.9. The summed E-state index contributed by atoms with van der Waals surface area (Å²) in [6, 6.07) is 15.1. The fourth-order valence-electron chi connectivity index (χ4n) is 2.30. The molecule has 138 valence electrons. The second kappa shape index (κ2) is 9.61. The summed E-state index contributed by atoms with van der Waals surface area (Å²) in [5, 5.41) is 2.69. The van der Waals surface area contributed by atoms with Crippen LogP contribution >= 0.6 is 0 Å². The summed E-state index contributed by atoms with van der Waals surface area (Å²) in [7, 11) is 0. The van der Waals surface area contributed by atoms with Gasteiger partial charge in [-0.25, -0.2) is 4.79 Å². The first kappa shape index (κ1) is 19.5. The van der Waals surface area contributed by atoms with Crippen molar-refractivity contribution in [2.45, 2.75) is 33.1 Å². The number of nitrogens with one attached hydrogen (secondary N) is 1. The minimum atomic E-state index is -0.588. The first-order chi connectivity index (χ1) is 12.5. The Hall–Kier alpha value is -2.82. The molecule has 1 amide bonds. The molecule has 0 aliphatic rings. The van der Waals surface area contributed by atoms with Gasteiger partial charge in [-0.3, -0.25) is 4.79 Å². The number of ether oxygens (including phenoxy) is 2. The molecule has 0 saturated carbocycles. The van der Waals surface area contributed by atoms with Crippen molar-refractivity contribution in [3.63, 3.8) is 0 Å². The van der Waals surface area contributed by atoms with Gasteiger partial charge < -0.3 is 14.8 Å². The van der Waals surface area contributed by atoms with Crippen molar-refractivity contribution >= 4 is 17.6 Å². The van der Waals surface area contributed by atoms with Gasteiger partial charge >= 0.3 is 5.97 Å². The van der Waals surface area contributed by atoms with Crippen molar-refractivity contribution in [2.24, 2.45) is 0 Å². The Bertz CT molecular complexity index is 721. The maximum atomic E-state index is 11.9. The van der Waals surface area contributed by atoms with Crippen LogP contribution in [-0.4, -0.2) is 25.1 Å². The molecule has 0 radical (unpaired) electrons. The first-order valence-electron chi connectivity index (χ1n) is 8.75. The molecule has 5 nitrogen and oxygen atoms in total. The zero-order chi connectivity index (χ0) is 18.9. The Labute approximate surface area is 154 Å². The number of benzene rings is 2. The number of rotatable bonds is 8. The van der Waals surface area contributed by atoms with Crippen LogP contribution in [0.2, 0.25) is 0 Å². The van der Waals surface area contributed by atoms with E-state index >= 15 is 0 Å². The highest BCUT2D eigenvalue weighted by Crippen LogP contribution is 2.17. The number of amides is 1. The van der Waals surface area contributed by atoms with E-state index in [-0.39, 0.29) is 19.1 Å². The molecule has 0 heterocycles. The van der Waals surface area contributed by atoms with Gasteiger partial charge in [0.1, 0.15) is 5.75 Å². The predicted molar refractivity (Wildman–Crippen MR) is 101 cm³/mol. The van der Waals surface area contributed by atoms with Crippen LogP contribution in [0.4, 0.5) is 5.69 Å². The van der Waals surface area contributed by atoms with E-state index in [1.165, 1.54) is 11.1 Å². The van der Waals surface area contributed by atoms with Gasteiger partial charge in [0.25, 0.3) is 5.91 Å². The Morgan fingerprint density at radius 3 is 2.19 bits per heavy atom. The lowest BCUT2D eigenvalue weighted by atomic mass is 10.0. The number of hydrogen-bond donors (Lipinski definition) is 1. The van der Waals surface area contributed by atoms with Crippen LogP contribution in [0, 0.1) is 0 Å². The lowest BCUT2D eigenvalue weighted by Gasteiger charge is -2.09. The summed E-state index contributed by atoms with van der Waals surface area (Å²) in [4.78, 5) is 23.5. The van der Waals surface area contributed by atoms with E-state index in [4.69, 9.17) is 9.47 Å². The number of carbonyl (C=O) groups excluding carboxylic acids is 2. The van der Waals surface area contributed by atoms with Crippen LogP contribution in [0.1, 0.15) is 37.8 Å². The van der Waals surface area contributed by atoms with Gasteiger partial charge in [0.15, 0.2) is 13.2 Å². The molecular formula is C21H25NO4.